The third-order valence-electron chi connectivity index (χ3n) is 3.29. The monoisotopic (exact) mass is 258 g/mol. The fourth-order valence-electron chi connectivity index (χ4n) is 1.98. The predicted molar refractivity (Wildman–Crippen MR) is 72.3 cm³/mol. The first-order valence-corrected chi connectivity index (χ1v) is 6.61. The van der Waals surface area contributed by atoms with Crippen LogP contribution in [0.3, 0.4) is 0 Å². The zero-order chi connectivity index (χ0) is 13.1. The maximum atomic E-state index is 5.21. The molecule has 1 aliphatic carbocycles. The molecule has 0 radical (unpaired) electrons. The predicted octanol–water partition coefficient (Wildman–Crippen LogP) is 1.78. The van der Waals surface area contributed by atoms with Crippen LogP contribution in [0.25, 0.3) is 5.69 Å². The molecule has 1 fully saturated rings. The molecule has 0 spiro atoms. The minimum absolute atomic E-state index is 0.778. The van der Waals surface area contributed by atoms with Gasteiger partial charge in [0, 0.05) is 12.6 Å². The van der Waals surface area contributed by atoms with E-state index in [2.05, 4.69) is 15.6 Å². The number of nitrogens with one attached hydrogen (secondary N) is 1. The summed E-state index contributed by atoms with van der Waals surface area (Å²) in [5, 5.41) is 11.7. The van der Waals surface area contributed by atoms with E-state index in [9.17, 15) is 0 Å². The summed E-state index contributed by atoms with van der Waals surface area (Å²) in [6.45, 7) is 1.87. The van der Waals surface area contributed by atoms with Gasteiger partial charge in [-0.3, -0.25) is 0 Å². The van der Waals surface area contributed by atoms with Crippen molar-refractivity contribution in [2.75, 3.05) is 13.7 Å². The highest BCUT2D eigenvalue weighted by atomic mass is 16.5. The van der Waals surface area contributed by atoms with Gasteiger partial charge in [-0.25, -0.2) is 4.68 Å². The summed E-state index contributed by atoms with van der Waals surface area (Å²) in [4.78, 5) is 0. The Labute approximate surface area is 112 Å². The van der Waals surface area contributed by atoms with Crippen LogP contribution in [0, 0.1) is 5.92 Å². The molecule has 1 aromatic carbocycles. The van der Waals surface area contributed by atoms with Crippen LogP contribution in [0.1, 0.15) is 18.5 Å². The number of rotatable bonds is 6. The first-order chi connectivity index (χ1) is 9.35. The molecule has 1 saturated carbocycles. The quantitative estimate of drug-likeness (QED) is 0.858. The molecule has 0 saturated heterocycles. The van der Waals surface area contributed by atoms with Crippen LogP contribution in [-0.2, 0) is 6.54 Å². The zero-order valence-corrected chi connectivity index (χ0v) is 11.0. The van der Waals surface area contributed by atoms with E-state index in [1.165, 1.54) is 12.8 Å². The lowest BCUT2D eigenvalue weighted by molar-refractivity contribution is 0.414. The SMILES string of the molecule is COc1cccc(-n2cc(CNCC3CC3)nn2)c1. The van der Waals surface area contributed by atoms with Crippen LogP contribution in [0.5, 0.6) is 5.75 Å². The fourth-order valence-corrected chi connectivity index (χ4v) is 1.98. The van der Waals surface area contributed by atoms with Crippen molar-refractivity contribution in [3.05, 3.63) is 36.2 Å². The van der Waals surface area contributed by atoms with Gasteiger partial charge in [-0.2, -0.15) is 0 Å². The van der Waals surface area contributed by atoms with E-state index in [1.54, 1.807) is 11.8 Å². The lowest BCUT2D eigenvalue weighted by Crippen LogP contribution is -2.16. The number of methoxy groups -OCH3 is 1. The van der Waals surface area contributed by atoms with Gasteiger partial charge in [-0.1, -0.05) is 11.3 Å². The van der Waals surface area contributed by atoms with Gasteiger partial charge in [-0.05, 0) is 37.4 Å². The number of benzene rings is 1. The second-order valence-electron chi connectivity index (χ2n) is 4.93. The molecule has 19 heavy (non-hydrogen) atoms. The average Bonchev–Trinajstić information content (AvgIpc) is 3.15. The van der Waals surface area contributed by atoms with Gasteiger partial charge in [0.05, 0.1) is 24.7 Å². The van der Waals surface area contributed by atoms with Gasteiger partial charge < -0.3 is 10.1 Å². The van der Waals surface area contributed by atoms with E-state index in [0.29, 0.717) is 0 Å². The normalized spacial score (nSPS) is 14.6. The standard InChI is InChI=1S/C14H18N4O/c1-19-14-4-2-3-13(7-14)18-10-12(16-17-18)9-15-8-11-5-6-11/h2-4,7,10-11,15H,5-6,8-9H2,1H3. The molecule has 1 heterocycles. The molecule has 5 heteroatoms. The fraction of sp³-hybridized carbons (Fsp3) is 0.429. The highest BCUT2D eigenvalue weighted by Crippen LogP contribution is 2.27. The Bertz CT molecular complexity index is 548. The minimum Gasteiger partial charge on any atom is -0.497 e. The molecule has 0 atom stereocenters. The van der Waals surface area contributed by atoms with E-state index in [-0.39, 0.29) is 0 Å². The maximum Gasteiger partial charge on any atom is 0.121 e. The first-order valence-electron chi connectivity index (χ1n) is 6.61. The number of nitrogens with zero attached hydrogens (tertiary/aromatic N) is 3. The highest BCUT2D eigenvalue weighted by molar-refractivity contribution is 5.38. The molecule has 0 aliphatic heterocycles. The molecule has 0 unspecified atom stereocenters. The van der Waals surface area contributed by atoms with Gasteiger partial charge in [0.25, 0.3) is 0 Å². The Hall–Kier alpha value is -1.88. The Kier molecular flexibility index (Phi) is 3.46. The van der Waals surface area contributed by atoms with E-state index >= 15 is 0 Å². The summed E-state index contributed by atoms with van der Waals surface area (Å²) < 4.78 is 6.98. The molecule has 5 nitrogen and oxygen atoms in total. The molecule has 1 aliphatic rings. The zero-order valence-electron chi connectivity index (χ0n) is 11.0. The van der Waals surface area contributed by atoms with Crippen LogP contribution in [0.15, 0.2) is 30.5 Å². The number of hydrogen-bond donors (Lipinski definition) is 1. The number of ether oxygens (including phenoxy) is 1. The summed E-state index contributed by atoms with van der Waals surface area (Å²) in [5.41, 5.74) is 1.92. The Balaban J connectivity index is 1.65. The molecule has 1 aromatic heterocycles. The molecular weight excluding hydrogens is 240 g/mol. The van der Waals surface area contributed by atoms with Crippen LogP contribution < -0.4 is 10.1 Å². The van der Waals surface area contributed by atoms with Crippen molar-refractivity contribution in [1.29, 1.82) is 0 Å². The summed E-state index contributed by atoms with van der Waals surface area (Å²) in [5.74, 6) is 1.70. The first kappa shape index (κ1) is 12.2. The van der Waals surface area contributed by atoms with Crippen molar-refractivity contribution < 1.29 is 4.74 Å². The van der Waals surface area contributed by atoms with Gasteiger partial charge in [0.2, 0.25) is 0 Å². The highest BCUT2D eigenvalue weighted by Gasteiger charge is 2.20. The second-order valence-corrected chi connectivity index (χ2v) is 4.93. The maximum absolute atomic E-state index is 5.21. The third kappa shape index (κ3) is 3.12. The second kappa shape index (κ2) is 5.40. The van der Waals surface area contributed by atoms with Crippen molar-refractivity contribution in [1.82, 2.24) is 20.3 Å². The average molecular weight is 258 g/mol. The summed E-state index contributed by atoms with van der Waals surface area (Å²) >= 11 is 0. The van der Waals surface area contributed by atoms with E-state index < -0.39 is 0 Å². The molecule has 0 amide bonds. The van der Waals surface area contributed by atoms with Crippen LogP contribution >= 0.6 is 0 Å². The Morgan fingerprint density at radius 3 is 3.11 bits per heavy atom. The molecule has 0 bridgehead atoms. The van der Waals surface area contributed by atoms with Gasteiger partial charge in [0.15, 0.2) is 0 Å². The summed E-state index contributed by atoms with van der Waals surface area (Å²) in [6, 6.07) is 7.79. The van der Waals surface area contributed by atoms with Crippen molar-refractivity contribution in [2.24, 2.45) is 5.92 Å². The van der Waals surface area contributed by atoms with E-state index in [4.69, 9.17) is 4.74 Å². The van der Waals surface area contributed by atoms with E-state index in [1.807, 2.05) is 30.5 Å². The molecule has 3 rings (SSSR count). The van der Waals surface area contributed by atoms with Crippen molar-refractivity contribution >= 4 is 0 Å². The summed E-state index contributed by atoms with van der Waals surface area (Å²) in [6.07, 6.45) is 4.68. The smallest absolute Gasteiger partial charge is 0.121 e. The van der Waals surface area contributed by atoms with Gasteiger partial charge in [-0.15, -0.1) is 5.10 Å². The van der Waals surface area contributed by atoms with Gasteiger partial charge in [0.1, 0.15) is 5.75 Å². The van der Waals surface area contributed by atoms with Crippen molar-refractivity contribution in [3.63, 3.8) is 0 Å². The third-order valence-corrected chi connectivity index (χ3v) is 3.29. The van der Waals surface area contributed by atoms with Crippen molar-refractivity contribution in [2.45, 2.75) is 19.4 Å². The Morgan fingerprint density at radius 1 is 1.42 bits per heavy atom. The molecule has 1 N–H and O–H groups in total. The van der Waals surface area contributed by atoms with Crippen LogP contribution in [0.4, 0.5) is 0 Å². The largest absolute Gasteiger partial charge is 0.497 e. The number of aromatic nitrogens is 3. The summed E-state index contributed by atoms with van der Waals surface area (Å²) in [7, 11) is 1.66. The van der Waals surface area contributed by atoms with Gasteiger partial charge >= 0.3 is 0 Å². The topological polar surface area (TPSA) is 52.0 Å². The molecular formula is C14H18N4O. The lowest BCUT2D eigenvalue weighted by Gasteiger charge is -2.03. The lowest BCUT2D eigenvalue weighted by atomic mass is 10.3. The molecule has 100 valence electrons. The van der Waals surface area contributed by atoms with Crippen molar-refractivity contribution in [3.8, 4) is 11.4 Å². The minimum atomic E-state index is 0.778. The van der Waals surface area contributed by atoms with Crippen LogP contribution in [0.2, 0.25) is 0 Å². The Morgan fingerprint density at radius 2 is 2.32 bits per heavy atom. The molecule has 2 aromatic rings. The van der Waals surface area contributed by atoms with E-state index in [0.717, 1.165) is 36.1 Å². The van der Waals surface area contributed by atoms with Crippen LogP contribution in [-0.4, -0.2) is 28.6 Å². The number of hydrogen-bond acceptors (Lipinski definition) is 4.